The number of hydrogen-bond donors (Lipinski definition) is 1. The maximum Gasteiger partial charge on any atom is 0.0961 e. The third kappa shape index (κ3) is 2.56. The van der Waals surface area contributed by atoms with E-state index >= 15 is 0 Å². The molecule has 1 aromatic heterocycles. The molecule has 0 radical (unpaired) electrons. The predicted octanol–water partition coefficient (Wildman–Crippen LogP) is 2.10. The molecule has 4 heteroatoms. The molecule has 15 heavy (non-hydrogen) atoms. The monoisotopic (exact) mass is 226 g/mol. The summed E-state index contributed by atoms with van der Waals surface area (Å²) in [4.78, 5) is 4.69. The van der Waals surface area contributed by atoms with Crippen LogP contribution in [-0.2, 0) is 4.74 Å². The van der Waals surface area contributed by atoms with Crippen molar-refractivity contribution in [1.29, 1.82) is 0 Å². The summed E-state index contributed by atoms with van der Waals surface area (Å²) in [5.41, 5.74) is 6.79. The number of rotatable bonds is 3. The lowest BCUT2D eigenvalue weighted by molar-refractivity contribution is 0.0852. The molecule has 2 rings (SSSR count). The van der Waals surface area contributed by atoms with Crippen molar-refractivity contribution in [3.63, 3.8) is 0 Å². The second-order valence-corrected chi connectivity index (χ2v) is 5.02. The fourth-order valence-corrected chi connectivity index (χ4v) is 2.89. The lowest BCUT2D eigenvalue weighted by atomic mass is 10.0. The Labute approximate surface area is 94.7 Å². The van der Waals surface area contributed by atoms with E-state index in [0.29, 0.717) is 18.4 Å². The molecule has 84 valence electrons. The summed E-state index contributed by atoms with van der Waals surface area (Å²) in [6.07, 6.45) is 2.23. The molecule has 1 aliphatic rings. The van der Waals surface area contributed by atoms with Crippen LogP contribution in [0.3, 0.4) is 0 Å². The fourth-order valence-electron chi connectivity index (χ4n) is 1.78. The number of thiazole rings is 1. The SMILES string of the molecule is CC(CN)c1csc(C2CCOCC2)n1. The highest BCUT2D eigenvalue weighted by Gasteiger charge is 2.19. The number of ether oxygens (including phenoxy) is 1. The first-order valence-electron chi connectivity index (χ1n) is 5.54. The molecule has 1 atom stereocenters. The summed E-state index contributed by atoms with van der Waals surface area (Å²) in [6, 6.07) is 0. The summed E-state index contributed by atoms with van der Waals surface area (Å²) < 4.78 is 5.35. The van der Waals surface area contributed by atoms with Gasteiger partial charge in [0, 0.05) is 37.0 Å². The zero-order valence-electron chi connectivity index (χ0n) is 9.11. The summed E-state index contributed by atoms with van der Waals surface area (Å²) in [7, 11) is 0. The van der Waals surface area contributed by atoms with Crippen LogP contribution in [0.2, 0.25) is 0 Å². The van der Waals surface area contributed by atoms with E-state index < -0.39 is 0 Å². The molecule has 1 unspecified atom stereocenters. The van der Waals surface area contributed by atoms with Crippen LogP contribution >= 0.6 is 11.3 Å². The van der Waals surface area contributed by atoms with Gasteiger partial charge >= 0.3 is 0 Å². The smallest absolute Gasteiger partial charge is 0.0961 e. The minimum Gasteiger partial charge on any atom is -0.381 e. The van der Waals surface area contributed by atoms with Crippen molar-refractivity contribution >= 4 is 11.3 Å². The molecule has 0 saturated carbocycles. The van der Waals surface area contributed by atoms with Gasteiger partial charge in [-0.1, -0.05) is 6.92 Å². The highest BCUT2D eigenvalue weighted by molar-refractivity contribution is 7.09. The third-order valence-corrected chi connectivity index (χ3v) is 3.99. The summed E-state index contributed by atoms with van der Waals surface area (Å²) in [5, 5.41) is 3.43. The van der Waals surface area contributed by atoms with Gasteiger partial charge in [0.1, 0.15) is 0 Å². The Morgan fingerprint density at radius 1 is 1.60 bits per heavy atom. The third-order valence-electron chi connectivity index (χ3n) is 2.97. The van der Waals surface area contributed by atoms with Gasteiger partial charge in [-0.3, -0.25) is 0 Å². The molecule has 3 nitrogen and oxygen atoms in total. The van der Waals surface area contributed by atoms with E-state index in [9.17, 15) is 0 Å². The van der Waals surface area contributed by atoms with E-state index in [1.807, 2.05) is 0 Å². The lowest BCUT2D eigenvalue weighted by Gasteiger charge is -2.19. The average Bonchev–Trinajstić information content (AvgIpc) is 2.78. The van der Waals surface area contributed by atoms with E-state index in [-0.39, 0.29) is 0 Å². The molecule has 1 fully saturated rings. The van der Waals surface area contributed by atoms with Crippen LogP contribution < -0.4 is 5.73 Å². The van der Waals surface area contributed by atoms with Crippen molar-refractivity contribution in [2.45, 2.75) is 31.6 Å². The molecule has 0 bridgehead atoms. The Balaban J connectivity index is 2.05. The van der Waals surface area contributed by atoms with Gasteiger partial charge in [-0.2, -0.15) is 0 Å². The Morgan fingerprint density at radius 2 is 2.33 bits per heavy atom. The summed E-state index contributed by atoms with van der Waals surface area (Å²) in [6.45, 7) is 4.57. The lowest BCUT2D eigenvalue weighted by Crippen LogP contribution is -2.14. The first kappa shape index (κ1) is 11.0. The Bertz CT molecular complexity index is 307. The van der Waals surface area contributed by atoms with Gasteiger partial charge in [-0.15, -0.1) is 11.3 Å². The Hall–Kier alpha value is -0.450. The Kier molecular flexibility index (Phi) is 3.72. The molecule has 0 aliphatic carbocycles. The predicted molar refractivity (Wildman–Crippen MR) is 62.4 cm³/mol. The van der Waals surface area contributed by atoms with Gasteiger partial charge in [0.2, 0.25) is 0 Å². The van der Waals surface area contributed by atoms with Gasteiger partial charge < -0.3 is 10.5 Å². The fraction of sp³-hybridized carbons (Fsp3) is 0.727. The minimum atomic E-state index is 0.384. The highest BCUT2D eigenvalue weighted by Crippen LogP contribution is 2.30. The van der Waals surface area contributed by atoms with Gasteiger partial charge in [-0.25, -0.2) is 4.98 Å². The first-order chi connectivity index (χ1) is 7.31. The number of nitrogens with zero attached hydrogens (tertiary/aromatic N) is 1. The molecule has 1 aromatic rings. The molecule has 2 heterocycles. The van der Waals surface area contributed by atoms with Crippen molar-refractivity contribution in [3.05, 3.63) is 16.1 Å². The van der Waals surface area contributed by atoms with Crippen molar-refractivity contribution in [2.75, 3.05) is 19.8 Å². The number of nitrogens with two attached hydrogens (primary N) is 1. The van der Waals surface area contributed by atoms with Crippen LogP contribution in [0.15, 0.2) is 5.38 Å². The molecule has 0 aromatic carbocycles. The van der Waals surface area contributed by atoms with Crippen LogP contribution in [0, 0.1) is 0 Å². The van der Waals surface area contributed by atoms with Gasteiger partial charge in [-0.05, 0) is 12.8 Å². The topological polar surface area (TPSA) is 48.1 Å². The van der Waals surface area contributed by atoms with Crippen LogP contribution in [-0.4, -0.2) is 24.7 Å². The van der Waals surface area contributed by atoms with E-state index in [2.05, 4.69) is 17.3 Å². The molecule has 0 spiro atoms. The Morgan fingerprint density at radius 3 is 3.00 bits per heavy atom. The van der Waals surface area contributed by atoms with Crippen LogP contribution in [0.25, 0.3) is 0 Å². The second kappa shape index (κ2) is 5.05. The van der Waals surface area contributed by atoms with E-state index in [4.69, 9.17) is 10.5 Å². The van der Waals surface area contributed by atoms with Crippen LogP contribution in [0.4, 0.5) is 0 Å². The van der Waals surface area contributed by atoms with Gasteiger partial charge in [0.05, 0.1) is 10.7 Å². The molecule has 0 amide bonds. The maximum atomic E-state index is 5.64. The van der Waals surface area contributed by atoms with E-state index in [1.165, 1.54) is 5.01 Å². The van der Waals surface area contributed by atoms with Crippen molar-refractivity contribution in [1.82, 2.24) is 4.98 Å². The molecule has 1 aliphatic heterocycles. The van der Waals surface area contributed by atoms with Crippen molar-refractivity contribution in [3.8, 4) is 0 Å². The number of aromatic nitrogens is 1. The van der Waals surface area contributed by atoms with Crippen LogP contribution in [0.5, 0.6) is 0 Å². The zero-order chi connectivity index (χ0) is 10.7. The summed E-state index contributed by atoms with van der Waals surface area (Å²) >= 11 is 1.78. The average molecular weight is 226 g/mol. The van der Waals surface area contributed by atoms with Gasteiger partial charge in [0.25, 0.3) is 0 Å². The summed E-state index contributed by atoms with van der Waals surface area (Å²) in [5.74, 6) is 0.998. The number of hydrogen-bond acceptors (Lipinski definition) is 4. The molecule has 2 N–H and O–H groups in total. The highest BCUT2D eigenvalue weighted by atomic mass is 32.1. The van der Waals surface area contributed by atoms with Crippen molar-refractivity contribution in [2.24, 2.45) is 5.73 Å². The van der Waals surface area contributed by atoms with E-state index in [0.717, 1.165) is 31.7 Å². The molecular weight excluding hydrogens is 208 g/mol. The van der Waals surface area contributed by atoms with Crippen molar-refractivity contribution < 1.29 is 4.74 Å². The molecule has 1 saturated heterocycles. The molecular formula is C11H18N2OS. The maximum absolute atomic E-state index is 5.64. The van der Waals surface area contributed by atoms with Gasteiger partial charge in [0.15, 0.2) is 0 Å². The standard InChI is InChI=1S/C11H18N2OS/c1-8(6-12)10-7-15-11(13-10)9-2-4-14-5-3-9/h7-9H,2-6,12H2,1H3. The minimum absolute atomic E-state index is 0.384. The largest absolute Gasteiger partial charge is 0.381 e. The quantitative estimate of drug-likeness (QED) is 0.858. The second-order valence-electron chi connectivity index (χ2n) is 4.13. The normalized spacial score (nSPS) is 20.4. The first-order valence-corrected chi connectivity index (χ1v) is 6.42. The van der Waals surface area contributed by atoms with E-state index in [1.54, 1.807) is 11.3 Å². The van der Waals surface area contributed by atoms with Crippen LogP contribution in [0.1, 0.15) is 42.3 Å². The zero-order valence-corrected chi connectivity index (χ0v) is 9.93.